The molecule has 0 fully saturated rings. The summed E-state index contributed by atoms with van der Waals surface area (Å²) < 4.78 is 5.09. The van der Waals surface area contributed by atoms with Gasteiger partial charge in [0.1, 0.15) is 0 Å². The molecular formula is C13H15N3O3. The van der Waals surface area contributed by atoms with Crippen molar-refractivity contribution in [3.8, 4) is 0 Å². The molecule has 0 saturated heterocycles. The lowest BCUT2D eigenvalue weighted by Gasteiger charge is -2.22. The molecule has 2 rings (SSSR count). The quantitative estimate of drug-likeness (QED) is 0.807. The van der Waals surface area contributed by atoms with Gasteiger partial charge in [-0.1, -0.05) is 12.1 Å². The topological polar surface area (TPSA) is 92.6 Å². The first-order valence-electron chi connectivity index (χ1n) is 5.82. The van der Waals surface area contributed by atoms with Gasteiger partial charge in [0.2, 0.25) is 5.76 Å². The van der Waals surface area contributed by atoms with Gasteiger partial charge in [0, 0.05) is 6.54 Å². The van der Waals surface area contributed by atoms with E-state index in [9.17, 15) is 4.79 Å². The Morgan fingerprint density at radius 2 is 2.21 bits per heavy atom. The van der Waals surface area contributed by atoms with Crippen molar-refractivity contribution in [3.05, 3.63) is 42.1 Å². The molecule has 0 radical (unpaired) electrons. The fourth-order valence-electron chi connectivity index (χ4n) is 1.79. The molecule has 19 heavy (non-hydrogen) atoms. The van der Waals surface area contributed by atoms with Gasteiger partial charge in [-0.25, -0.2) is 4.98 Å². The molecule has 6 nitrogen and oxygen atoms in total. The van der Waals surface area contributed by atoms with Gasteiger partial charge in [-0.05, 0) is 19.1 Å². The van der Waals surface area contributed by atoms with Crippen molar-refractivity contribution in [1.82, 2.24) is 4.98 Å². The number of aliphatic hydroxyl groups excluding tert-OH is 1. The summed E-state index contributed by atoms with van der Waals surface area (Å²) in [6.07, 6.45) is 1.22. The molecule has 1 amide bonds. The number of aryl methyl sites for hydroxylation is 1. The lowest BCUT2D eigenvalue weighted by molar-refractivity contribution is 0.0953. The summed E-state index contributed by atoms with van der Waals surface area (Å²) in [5.74, 6) is -0.223. The van der Waals surface area contributed by atoms with Gasteiger partial charge in [-0.15, -0.1) is 0 Å². The van der Waals surface area contributed by atoms with E-state index in [2.05, 4.69) is 4.98 Å². The fourth-order valence-corrected chi connectivity index (χ4v) is 1.79. The van der Waals surface area contributed by atoms with E-state index in [0.717, 1.165) is 0 Å². The Bertz CT molecular complexity index is 580. The van der Waals surface area contributed by atoms with Crippen LogP contribution in [0, 0.1) is 6.92 Å². The standard InChI is InChI=1S/C13H15N3O3/c1-9-12(19-8-15-9)13(18)16(6-7-17)11-5-3-2-4-10(11)14/h2-5,8,17H,6-7,14H2,1H3. The predicted molar refractivity (Wildman–Crippen MR) is 70.9 cm³/mol. The molecule has 0 aliphatic carbocycles. The Morgan fingerprint density at radius 1 is 1.47 bits per heavy atom. The number of nitrogens with zero attached hydrogens (tertiary/aromatic N) is 2. The van der Waals surface area contributed by atoms with Crippen LogP contribution < -0.4 is 10.6 Å². The van der Waals surface area contributed by atoms with E-state index in [-0.39, 0.29) is 24.8 Å². The molecule has 0 aliphatic heterocycles. The molecule has 0 spiro atoms. The minimum absolute atomic E-state index is 0.132. The number of amides is 1. The van der Waals surface area contributed by atoms with Crippen LogP contribution in [0.2, 0.25) is 0 Å². The normalized spacial score (nSPS) is 10.4. The zero-order valence-electron chi connectivity index (χ0n) is 10.5. The summed E-state index contributed by atoms with van der Waals surface area (Å²) in [5, 5.41) is 9.12. The third-order valence-corrected chi connectivity index (χ3v) is 2.74. The van der Waals surface area contributed by atoms with Crippen molar-refractivity contribution < 1.29 is 14.3 Å². The SMILES string of the molecule is Cc1ncoc1C(=O)N(CCO)c1ccccc1N. The molecule has 3 N–H and O–H groups in total. The van der Waals surface area contributed by atoms with Gasteiger partial charge in [0.25, 0.3) is 5.91 Å². The zero-order valence-corrected chi connectivity index (χ0v) is 10.5. The van der Waals surface area contributed by atoms with Gasteiger partial charge in [0.05, 0.1) is 23.7 Å². The molecular weight excluding hydrogens is 246 g/mol. The van der Waals surface area contributed by atoms with Crippen LogP contribution in [0.25, 0.3) is 0 Å². The molecule has 2 aromatic rings. The third-order valence-electron chi connectivity index (χ3n) is 2.74. The largest absolute Gasteiger partial charge is 0.438 e. The number of oxazole rings is 1. The molecule has 1 heterocycles. The predicted octanol–water partition coefficient (Wildman–Crippen LogP) is 1.20. The molecule has 0 bridgehead atoms. The number of nitrogen functional groups attached to an aromatic ring is 1. The Morgan fingerprint density at radius 3 is 2.79 bits per heavy atom. The van der Waals surface area contributed by atoms with Crippen molar-refractivity contribution in [2.45, 2.75) is 6.92 Å². The monoisotopic (exact) mass is 261 g/mol. The van der Waals surface area contributed by atoms with Crippen molar-refractivity contribution in [2.75, 3.05) is 23.8 Å². The number of benzene rings is 1. The highest BCUT2D eigenvalue weighted by atomic mass is 16.3. The average molecular weight is 261 g/mol. The van der Waals surface area contributed by atoms with Crippen molar-refractivity contribution in [3.63, 3.8) is 0 Å². The van der Waals surface area contributed by atoms with Gasteiger partial charge in [-0.3, -0.25) is 4.79 Å². The van der Waals surface area contributed by atoms with E-state index in [0.29, 0.717) is 17.1 Å². The number of carbonyl (C=O) groups is 1. The second kappa shape index (κ2) is 5.53. The Balaban J connectivity index is 2.39. The summed E-state index contributed by atoms with van der Waals surface area (Å²) in [7, 11) is 0. The maximum atomic E-state index is 12.4. The van der Waals surface area contributed by atoms with Crippen LogP contribution in [0.1, 0.15) is 16.2 Å². The number of carbonyl (C=O) groups excluding carboxylic acids is 1. The van der Waals surface area contributed by atoms with Gasteiger partial charge < -0.3 is 20.2 Å². The highest BCUT2D eigenvalue weighted by Gasteiger charge is 2.23. The number of aromatic nitrogens is 1. The second-order valence-electron chi connectivity index (χ2n) is 4.01. The lowest BCUT2D eigenvalue weighted by Crippen LogP contribution is -2.34. The van der Waals surface area contributed by atoms with E-state index < -0.39 is 0 Å². The average Bonchev–Trinajstić information content (AvgIpc) is 2.82. The number of nitrogens with two attached hydrogens (primary N) is 1. The summed E-state index contributed by atoms with van der Waals surface area (Å²) in [5.41, 5.74) is 7.36. The molecule has 1 aromatic carbocycles. The smallest absolute Gasteiger partial charge is 0.296 e. The number of aliphatic hydroxyl groups is 1. The molecule has 1 aromatic heterocycles. The lowest BCUT2D eigenvalue weighted by atomic mass is 10.2. The van der Waals surface area contributed by atoms with Crippen LogP contribution in [-0.2, 0) is 0 Å². The second-order valence-corrected chi connectivity index (χ2v) is 4.01. The van der Waals surface area contributed by atoms with Crippen molar-refractivity contribution >= 4 is 17.3 Å². The summed E-state index contributed by atoms with van der Waals surface area (Å²) in [4.78, 5) is 17.7. The van der Waals surface area contributed by atoms with Gasteiger partial charge >= 0.3 is 0 Å². The van der Waals surface area contributed by atoms with E-state index >= 15 is 0 Å². The first-order valence-corrected chi connectivity index (χ1v) is 5.82. The maximum absolute atomic E-state index is 12.4. The van der Waals surface area contributed by atoms with Gasteiger partial charge in [0.15, 0.2) is 6.39 Å². The Kier molecular flexibility index (Phi) is 3.82. The van der Waals surface area contributed by atoms with Crippen LogP contribution in [0.15, 0.2) is 35.1 Å². The van der Waals surface area contributed by atoms with Gasteiger partial charge in [-0.2, -0.15) is 0 Å². The molecule has 0 unspecified atom stereocenters. The van der Waals surface area contributed by atoms with Crippen molar-refractivity contribution in [2.24, 2.45) is 0 Å². The molecule has 100 valence electrons. The highest BCUT2D eigenvalue weighted by molar-refractivity contribution is 6.06. The Labute approximate surface area is 110 Å². The molecule has 0 aliphatic rings. The first-order chi connectivity index (χ1) is 9.15. The number of para-hydroxylation sites is 2. The molecule has 0 atom stereocenters. The van der Waals surface area contributed by atoms with E-state index in [1.165, 1.54) is 11.3 Å². The van der Waals surface area contributed by atoms with E-state index in [4.69, 9.17) is 15.3 Å². The minimum atomic E-state index is -0.373. The third kappa shape index (κ3) is 2.58. The minimum Gasteiger partial charge on any atom is -0.438 e. The first kappa shape index (κ1) is 13.1. The summed E-state index contributed by atoms with van der Waals surface area (Å²) in [6, 6.07) is 6.96. The zero-order chi connectivity index (χ0) is 13.8. The van der Waals surface area contributed by atoms with Crippen LogP contribution in [0.4, 0.5) is 11.4 Å². The highest BCUT2D eigenvalue weighted by Crippen LogP contribution is 2.24. The number of hydrogen-bond donors (Lipinski definition) is 2. The Hall–Kier alpha value is -2.34. The molecule has 6 heteroatoms. The van der Waals surface area contributed by atoms with E-state index in [1.807, 2.05) is 0 Å². The van der Waals surface area contributed by atoms with Crippen LogP contribution in [-0.4, -0.2) is 29.1 Å². The summed E-state index contributed by atoms with van der Waals surface area (Å²) in [6.45, 7) is 1.64. The number of anilines is 2. The summed E-state index contributed by atoms with van der Waals surface area (Å²) >= 11 is 0. The fraction of sp³-hybridized carbons (Fsp3) is 0.231. The number of rotatable bonds is 4. The van der Waals surface area contributed by atoms with Crippen LogP contribution in [0.3, 0.4) is 0 Å². The maximum Gasteiger partial charge on any atom is 0.296 e. The number of hydrogen-bond acceptors (Lipinski definition) is 5. The van der Waals surface area contributed by atoms with Crippen LogP contribution >= 0.6 is 0 Å². The van der Waals surface area contributed by atoms with E-state index in [1.54, 1.807) is 31.2 Å². The van der Waals surface area contributed by atoms with Crippen LogP contribution in [0.5, 0.6) is 0 Å². The van der Waals surface area contributed by atoms with Crippen molar-refractivity contribution in [1.29, 1.82) is 0 Å². The molecule has 0 saturated carbocycles.